The fraction of sp³-hybridized carbons (Fsp3) is 0.400. The van der Waals surface area contributed by atoms with Gasteiger partial charge in [0, 0.05) is 5.56 Å². The minimum atomic E-state index is -5.34. The van der Waals surface area contributed by atoms with Gasteiger partial charge in [-0.2, -0.15) is 18.4 Å². The van der Waals surface area contributed by atoms with Gasteiger partial charge in [0.25, 0.3) is 0 Å². The third-order valence-electron chi connectivity index (χ3n) is 2.00. The first-order chi connectivity index (χ1) is 9.08. The van der Waals surface area contributed by atoms with E-state index in [0.717, 1.165) is 6.07 Å². The number of aromatic nitrogens is 1. The average Bonchev–Trinajstić information content (AvgIpc) is 2.28. The number of nitriles is 1. The molecular formula is C10H5ClF6N2O. The molecule has 1 heterocycles. The first kappa shape index (κ1) is 16.4. The topological polar surface area (TPSA) is 45.9 Å². The minimum Gasteiger partial charge on any atom is -0.403 e. The van der Waals surface area contributed by atoms with E-state index in [1.165, 1.54) is 6.07 Å². The molecule has 1 aromatic heterocycles. The van der Waals surface area contributed by atoms with Gasteiger partial charge in [-0.3, -0.25) is 0 Å². The van der Waals surface area contributed by atoms with Gasteiger partial charge < -0.3 is 4.74 Å². The molecule has 0 atom stereocenters. The zero-order chi connectivity index (χ0) is 15.6. The third kappa shape index (κ3) is 4.16. The lowest BCUT2D eigenvalue weighted by Gasteiger charge is -2.18. The highest BCUT2D eigenvalue weighted by Gasteiger charge is 2.42. The number of halogens is 7. The van der Waals surface area contributed by atoms with Gasteiger partial charge in [0.1, 0.15) is 0 Å². The molecule has 0 aliphatic rings. The predicted molar refractivity (Wildman–Crippen MR) is 54.8 cm³/mol. The summed E-state index contributed by atoms with van der Waals surface area (Å²) in [6.45, 7) is 0. The lowest BCUT2D eigenvalue weighted by Crippen LogP contribution is -2.22. The summed E-state index contributed by atoms with van der Waals surface area (Å²) in [6, 6.07) is 2.32. The van der Waals surface area contributed by atoms with Crippen molar-refractivity contribution in [3.63, 3.8) is 0 Å². The number of hydrogen-bond acceptors (Lipinski definition) is 3. The third-order valence-corrected chi connectivity index (χ3v) is 2.27. The quantitative estimate of drug-likeness (QED) is 0.629. The molecule has 0 N–H and O–H groups in total. The molecule has 10 heteroatoms. The monoisotopic (exact) mass is 318 g/mol. The van der Waals surface area contributed by atoms with Crippen LogP contribution in [0.4, 0.5) is 26.3 Å². The Morgan fingerprint density at radius 3 is 2.25 bits per heavy atom. The second-order valence-electron chi connectivity index (χ2n) is 3.46. The Labute approximate surface area is 113 Å². The Bertz CT molecular complexity index is 534. The van der Waals surface area contributed by atoms with E-state index in [1.807, 2.05) is 0 Å². The molecule has 0 amide bonds. The Morgan fingerprint density at radius 1 is 1.25 bits per heavy atom. The number of ether oxygens (including phenoxy) is 1. The first-order valence-electron chi connectivity index (χ1n) is 4.87. The first-order valence-corrected chi connectivity index (χ1v) is 5.40. The van der Waals surface area contributed by atoms with Gasteiger partial charge in [-0.1, -0.05) is 0 Å². The van der Waals surface area contributed by atoms with Crippen LogP contribution in [-0.4, -0.2) is 11.3 Å². The largest absolute Gasteiger partial charge is 0.573 e. The summed E-state index contributed by atoms with van der Waals surface area (Å²) in [5, 5.41) is 8.48. The molecule has 0 spiro atoms. The molecule has 1 aromatic rings. The van der Waals surface area contributed by atoms with Gasteiger partial charge in [0.15, 0.2) is 11.4 Å². The van der Waals surface area contributed by atoms with Gasteiger partial charge in [-0.25, -0.2) is 4.98 Å². The molecule has 3 nitrogen and oxygen atoms in total. The number of hydrogen-bond donors (Lipinski definition) is 0. The van der Waals surface area contributed by atoms with Crippen LogP contribution >= 0.6 is 11.6 Å². The molecule has 0 fully saturated rings. The molecule has 0 unspecified atom stereocenters. The van der Waals surface area contributed by atoms with E-state index in [4.69, 9.17) is 16.9 Å². The minimum absolute atomic E-state index is 0.307. The van der Waals surface area contributed by atoms with Crippen LogP contribution < -0.4 is 4.74 Å². The van der Waals surface area contributed by atoms with E-state index in [2.05, 4.69) is 9.72 Å². The molecule has 110 valence electrons. The molecule has 0 saturated carbocycles. The summed E-state index contributed by atoms with van der Waals surface area (Å²) >= 11 is 5.33. The summed E-state index contributed by atoms with van der Waals surface area (Å²) in [6.07, 6.45) is -11.2. The number of pyridine rings is 1. The van der Waals surface area contributed by atoms with Gasteiger partial charge in [-0.15, -0.1) is 24.8 Å². The van der Waals surface area contributed by atoms with Crippen LogP contribution in [0.2, 0.25) is 0 Å². The van der Waals surface area contributed by atoms with Gasteiger partial charge in [0.05, 0.1) is 24.1 Å². The van der Waals surface area contributed by atoms with E-state index in [-0.39, 0.29) is 5.69 Å². The highest BCUT2D eigenvalue weighted by molar-refractivity contribution is 6.16. The predicted octanol–water partition coefficient (Wildman–Crippen LogP) is 3.80. The Morgan fingerprint density at radius 2 is 1.85 bits per heavy atom. The molecule has 0 saturated heterocycles. The van der Waals surface area contributed by atoms with Crippen molar-refractivity contribution in [2.45, 2.75) is 24.8 Å². The van der Waals surface area contributed by atoms with Crippen LogP contribution in [0.25, 0.3) is 0 Å². The molecule has 0 bridgehead atoms. The van der Waals surface area contributed by atoms with Crippen LogP contribution in [0, 0.1) is 11.3 Å². The van der Waals surface area contributed by atoms with E-state index in [9.17, 15) is 26.3 Å². The molecular weight excluding hydrogens is 314 g/mol. The fourth-order valence-corrected chi connectivity index (χ4v) is 1.49. The summed E-state index contributed by atoms with van der Waals surface area (Å²) in [5.74, 6) is -1.98. The van der Waals surface area contributed by atoms with Crippen LogP contribution in [0.5, 0.6) is 5.75 Å². The second kappa shape index (κ2) is 5.75. The van der Waals surface area contributed by atoms with Crippen LogP contribution in [0.1, 0.15) is 17.0 Å². The maximum atomic E-state index is 12.7. The van der Waals surface area contributed by atoms with Gasteiger partial charge in [-0.05, 0) is 6.07 Å². The lowest BCUT2D eigenvalue weighted by atomic mass is 10.1. The molecule has 0 aliphatic heterocycles. The summed E-state index contributed by atoms with van der Waals surface area (Å²) < 4.78 is 78.1. The van der Waals surface area contributed by atoms with E-state index < -0.39 is 41.8 Å². The van der Waals surface area contributed by atoms with Crippen LogP contribution in [0.15, 0.2) is 6.07 Å². The van der Waals surface area contributed by atoms with Crippen molar-refractivity contribution in [2.75, 3.05) is 0 Å². The van der Waals surface area contributed by atoms with Crippen molar-refractivity contribution in [3.05, 3.63) is 23.0 Å². The molecule has 20 heavy (non-hydrogen) atoms. The van der Waals surface area contributed by atoms with Crippen molar-refractivity contribution >= 4 is 11.6 Å². The van der Waals surface area contributed by atoms with Crippen molar-refractivity contribution in [1.82, 2.24) is 4.98 Å². The summed E-state index contributed by atoms with van der Waals surface area (Å²) in [5.41, 5.74) is -2.75. The van der Waals surface area contributed by atoms with E-state index in [1.54, 1.807) is 0 Å². The van der Waals surface area contributed by atoms with Crippen LogP contribution in [-0.2, 0) is 18.5 Å². The lowest BCUT2D eigenvalue weighted by molar-refractivity contribution is -0.276. The van der Waals surface area contributed by atoms with Crippen molar-refractivity contribution in [1.29, 1.82) is 5.26 Å². The molecule has 0 aliphatic carbocycles. The number of rotatable bonds is 3. The zero-order valence-electron chi connectivity index (χ0n) is 9.44. The normalized spacial score (nSPS) is 12.1. The number of alkyl halides is 7. The number of nitrogens with zero attached hydrogens (tertiary/aromatic N) is 2. The van der Waals surface area contributed by atoms with Crippen molar-refractivity contribution in [2.24, 2.45) is 0 Å². The average molecular weight is 319 g/mol. The summed E-state index contributed by atoms with van der Waals surface area (Å²) in [4.78, 5) is 3.00. The SMILES string of the molecule is N#CCc1cc(CCl)nc(C(F)(F)F)c1OC(F)(F)F. The van der Waals surface area contributed by atoms with E-state index in [0.29, 0.717) is 0 Å². The van der Waals surface area contributed by atoms with Crippen molar-refractivity contribution < 1.29 is 31.1 Å². The molecule has 0 aromatic carbocycles. The standard InChI is InChI=1S/C10H5ClF6N2O/c11-4-6-3-5(1-2-18)7(20-10(15,16)17)8(19-6)9(12,13)14/h3H,1,4H2. The smallest absolute Gasteiger partial charge is 0.403 e. The fourth-order valence-electron chi connectivity index (χ4n) is 1.35. The van der Waals surface area contributed by atoms with Gasteiger partial charge in [0.2, 0.25) is 0 Å². The van der Waals surface area contributed by atoms with Gasteiger partial charge >= 0.3 is 12.5 Å². The Kier molecular flexibility index (Phi) is 4.70. The van der Waals surface area contributed by atoms with E-state index >= 15 is 0 Å². The maximum absolute atomic E-state index is 12.7. The highest BCUT2D eigenvalue weighted by Crippen LogP contribution is 2.39. The van der Waals surface area contributed by atoms with Crippen molar-refractivity contribution in [3.8, 4) is 11.8 Å². The Hall–Kier alpha value is -1.69. The van der Waals surface area contributed by atoms with Crippen LogP contribution in [0.3, 0.4) is 0 Å². The molecule has 1 rings (SSSR count). The molecule has 0 radical (unpaired) electrons. The summed E-state index contributed by atoms with van der Waals surface area (Å²) in [7, 11) is 0. The Balaban J connectivity index is 3.52. The zero-order valence-corrected chi connectivity index (χ0v) is 10.2. The maximum Gasteiger partial charge on any atom is 0.573 e. The second-order valence-corrected chi connectivity index (χ2v) is 3.73. The highest BCUT2D eigenvalue weighted by atomic mass is 35.5.